The first kappa shape index (κ1) is 26.0. The number of nitrogens with zero attached hydrogens (tertiary/aromatic N) is 2. The van der Waals surface area contributed by atoms with Gasteiger partial charge in [0.2, 0.25) is 5.91 Å². The third-order valence-corrected chi connectivity index (χ3v) is 8.51. The summed E-state index contributed by atoms with van der Waals surface area (Å²) in [6.45, 7) is 2.66. The van der Waals surface area contributed by atoms with Crippen molar-refractivity contribution in [3.05, 3.63) is 69.0 Å². The summed E-state index contributed by atoms with van der Waals surface area (Å²) >= 11 is 15.1. The van der Waals surface area contributed by atoms with Gasteiger partial charge in [-0.1, -0.05) is 53.2 Å². The summed E-state index contributed by atoms with van der Waals surface area (Å²) in [5.41, 5.74) is 3.37. The normalized spacial score (nSPS) is 14.6. The Bertz CT molecular complexity index is 1180. The molecule has 2 heterocycles. The van der Waals surface area contributed by atoms with E-state index < -0.39 is 0 Å². The van der Waals surface area contributed by atoms with E-state index >= 15 is 0 Å². The van der Waals surface area contributed by atoms with Crippen LogP contribution in [0.5, 0.6) is 0 Å². The van der Waals surface area contributed by atoms with Crippen molar-refractivity contribution in [2.75, 3.05) is 26.0 Å². The molecular weight excluding hydrogens is 525 g/mol. The molecule has 2 aromatic carbocycles. The van der Waals surface area contributed by atoms with Crippen LogP contribution in [0.15, 0.2) is 52.2 Å². The highest BCUT2D eigenvalue weighted by Crippen LogP contribution is 2.29. The molecule has 0 unspecified atom stereocenters. The average Bonchev–Trinajstić information content (AvgIpc) is 3.35. The Hall–Kier alpha value is -2.10. The lowest BCUT2D eigenvalue weighted by atomic mass is 10.0. The molecule has 0 spiro atoms. The quantitative estimate of drug-likeness (QED) is 0.284. The van der Waals surface area contributed by atoms with Gasteiger partial charge in [-0.05, 0) is 42.7 Å². The van der Waals surface area contributed by atoms with Crippen molar-refractivity contribution in [2.45, 2.75) is 29.8 Å². The summed E-state index contributed by atoms with van der Waals surface area (Å²) in [6.07, 6.45) is 1.83. The number of esters is 1. The Morgan fingerprint density at radius 1 is 1.14 bits per heavy atom. The van der Waals surface area contributed by atoms with Crippen LogP contribution >= 0.6 is 46.3 Å². The molecule has 1 N–H and O–H groups in total. The van der Waals surface area contributed by atoms with Crippen molar-refractivity contribution >= 4 is 58.2 Å². The van der Waals surface area contributed by atoms with Gasteiger partial charge in [0, 0.05) is 36.6 Å². The van der Waals surface area contributed by atoms with Gasteiger partial charge in [-0.2, -0.15) is 0 Å². The van der Waals surface area contributed by atoms with E-state index in [0.717, 1.165) is 53.6 Å². The summed E-state index contributed by atoms with van der Waals surface area (Å²) < 4.78 is 5.56. The maximum absolute atomic E-state index is 12.5. The number of ether oxygens (including phenoxy) is 1. The number of methoxy groups -OCH3 is 1. The molecule has 0 bridgehead atoms. The number of benzene rings is 2. The van der Waals surface area contributed by atoms with E-state index in [1.165, 1.54) is 30.2 Å². The van der Waals surface area contributed by atoms with Crippen LogP contribution in [0.2, 0.25) is 10.0 Å². The monoisotopic (exact) mass is 549 g/mol. The van der Waals surface area contributed by atoms with Gasteiger partial charge in [-0.15, -0.1) is 11.3 Å². The standard InChI is InChI=1S/C25H25Cl2N3O3S2/c1-33-24(32)18-5-3-17(4-6-18)22-14-34-25(29-22)35-15-23(31)28-19-8-10-30(11-9-19)13-16-2-7-20(26)21(27)12-16/h2-7,12,14,19H,8-11,13,15H2,1H3,(H,28,31). The summed E-state index contributed by atoms with van der Waals surface area (Å²) in [5, 5.41) is 6.26. The van der Waals surface area contributed by atoms with Crippen LogP contribution < -0.4 is 5.32 Å². The van der Waals surface area contributed by atoms with Gasteiger partial charge in [-0.3, -0.25) is 9.69 Å². The molecule has 0 saturated carbocycles. The number of carbonyl (C=O) groups excluding carboxylic acids is 2. The van der Waals surface area contributed by atoms with E-state index in [4.69, 9.17) is 27.9 Å². The fourth-order valence-electron chi connectivity index (χ4n) is 3.88. The van der Waals surface area contributed by atoms with Crippen molar-refractivity contribution < 1.29 is 14.3 Å². The zero-order valence-corrected chi connectivity index (χ0v) is 22.3. The summed E-state index contributed by atoms with van der Waals surface area (Å²) in [7, 11) is 1.36. The average molecular weight is 551 g/mol. The number of hydrogen-bond acceptors (Lipinski definition) is 7. The maximum Gasteiger partial charge on any atom is 0.337 e. The van der Waals surface area contributed by atoms with E-state index in [1.807, 2.05) is 35.7 Å². The number of carbonyl (C=O) groups is 2. The highest BCUT2D eigenvalue weighted by molar-refractivity contribution is 8.01. The molecule has 6 nitrogen and oxygen atoms in total. The smallest absolute Gasteiger partial charge is 0.337 e. The number of thioether (sulfide) groups is 1. The number of likely N-dealkylation sites (tertiary alicyclic amines) is 1. The molecule has 3 aromatic rings. The molecule has 35 heavy (non-hydrogen) atoms. The minimum atomic E-state index is -0.366. The summed E-state index contributed by atoms with van der Waals surface area (Å²) in [5.74, 6) is -0.0103. The number of amides is 1. The number of piperidine rings is 1. The third-order valence-electron chi connectivity index (χ3n) is 5.75. The van der Waals surface area contributed by atoms with Gasteiger partial charge in [-0.25, -0.2) is 9.78 Å². The lowest BCUT2D eigenvalue weighted by Gasteiger charge is -2.32. The molecule has 1 saturated heterocycles. The van der Waals surface area contributed by atoms with Crippen LogP contribution in [0, 0.1) is 0 Å². The van der Waals surface area contributed by atoms with Gasteiger partial charge in [0.05, 0.1) is 34.2 Å². The SMILES string of the molecule is COC(=O)c1ccc(-c2csc(SCC(=O)NC3CCN(Cc4ccc(Cl)c(Cl)c4)CC3)n2)cc1. The highest BCUT2D eigenvalue weighted by atomic mass is 35.5. The Kier molecular flexibility index (Phi) is 9.08. The van der Waals surface area contributed by atoms with E-state index in [-0.39, 0.29) is 17.9 Å². The molecule has 1 amide bonds. The lowest BCUT2D eigenvalue weighted by molar-refractivity contribution is -0.119. The molecule has 4 rings (SSSR count). The van der Waals surface area contributed by atoms with Crippen LogP contribution in [-0.2, 0) is 16.1 Å². The number of halogens is 2. The minimum absolute atomic E-state index is 0.0251. The number of hydrogen-bond donors (Lipinski definition) is 1. The van der Waals surface area contributed by atoms with Gasteiger partial charge < -0.3 is 10.1 Å². The van der Waals surface area contributed by atoms with Crippen LogP contribution in [0.1, 0.15) is 28.8 Å². The van der Waals surface area contributed by atoms with Crippen LogP contribution in [0.25, 0.3) is 11.3 Å². The van der Waals surface area contributed by atoms with Crippen molar-refractivity contribution in [1.82, 2.24) is 15.2 Å². The van der Waals surface area contributed by atoms with Crippen LogP contribution in [0.3, 0.4) is 0 Å². The molecule has 184 valence electrons. The van der Waals surface area contributed by atoms with E-state index in [1.54, 1.807) is 12.1 Å². The topological polar surface area (TPSA) is 71.5 Å². The molecule has 1 aliphatic heterocycles. The molecule has 1 fully saturated rings. The fraction of sp³-hybridized carbons (Fsp3) is 0.320. The maximum atomic E-state index is 12.5. The lowest BCUT2D eigenvalue weighted by Crippen LogP contribution is -2.44. The first-order chi connectivity index (χ1) is 16.9. The minimum Gasteiger partial charge on any atom is -0.465 e. The van der Waals surface area contributed by atoms with Gasteiger partial charge >= 0.3 is 5.97 Å². The molecule has 1 aromatic heterocycles. The van der Waals surface area contributed by atoms with Crippen LogP contribution in [0.4, 0.5) is 0 Å². The van der Waals surface area contributed by atoms with E-state index in [0.29, 0.717) is 21.4 Å². The number of thiazole rings is 1. The number of aromatic nitrogens is 1. The Morgan fingerprint density at radius 2 is 1.89 bits per heavy atom. The molecule has 0 radical (unpaired) electrons. The predicted octanol–water partition coefficient (Wildman–Crippen LogP) is 5.78. The second-order valence-electron chi connectivity index (χ2n) is 8.22. The van der Waals surface area contributed by atoms with Crippen molar-refractivity contribution in [3.8, 4) is 11.3 Å². The molecular formula is C25H25Cl2N3O3S2. The Balaban J connectivity index is 1.20. The number of nitrogens with one attached hydrogen (secondary N) is 1. The van der Waals surface area contributed by atoms with E-state index in [2.05, 4.69) is 15.2 Å². The first-order valence-electron chi connectivity index (χ1n) is 11.1. The van der Waals surface area contributed by atoms with Crippen molar-refractivity contribution in [1.29, 1.82) is 0 Å². The second kappa shape index (κ2) is 12.2. The van der Waals surface area contributed by atoms with Gasteiger partial charge in [0.1, 0.15) is 0 Å². The highest BCUT2D eigenvalue weighted by Gasteiger charge is 2.21. The van der Waals surface area contributed by atoms with Crippen molar-refractivity contribution in [2.24, 2.45) is 0 Å². The predicted molar refractivity (Wildman–Crippen MR) is 143 cm³/mol. The molecule has 10 heteroatoms. The summed E-state index contributed by atoms with van der Waals surface area (Å²) in [4.78, 5) is 31.1. The van der Waals surface area contributed by atoms with Crippen molar-refractivity contribution in [3.63, 3.8) is 0 Å². The fourth-order valence-corrected chi connectivity index (χ4v) is 5.85. The number of rotatable bonds is 8. The first-order valence-corrected chi connectivity index (χ1v) is 13.8. The Labute approximate surface area is 223 Å². The summed E-state index contributed by atoms with van der Waals surface area (Å²) in [6, 6.07) is 13.1. The van der Waals surface area contributed by atoms with Gasteiger partial charge in [0.25, 0.3) is 0 Å². The Morgan fingerprint density at radius 3 is 2.57 bits per heavy atom. The van der Waals surface area contributed by atoms with Crippen LogP contribution in [-0.4, -0.2) is 53.8 Å². The molecule has 1 aliphatic rings. The largest absolute Gasteiger partial charge is 0.465 e. The third kappa shape index (κ3) is 7.21. The second-order valence-corrected chi connectivity index (χ2v) is 11.1. The zero-order chi connectivity index (χ0) is 24.8. The van der Waals surface area contributed by atoms with E-state index in [9.17, 15) is 9.59 Å². The zero-order valence-electron chi connectivity index (χ0n) is 19.1. The molecule has 0 atom stereocenters. The van der Waals surface area contributed by atoms with Gasteiger partial charge in [0.15, 0.2) is 4.34 Å². The molecule has 0 aliphatic carbocycles.